The van der Waals surface area contributed by atoms with Crippen LogP contribution in [0.4, 0.5) is 11.4 Å². The van der Waals surface area contributed by atoms with E-state index < -0.39 is 5.60 Å². The molecule has 1 aliphatic heterocycles. The maximum absolute atomic E-state index is 11.9. The number of carbonyl (C=O) groups is 1. The number of nitrogens with one attached hydrogen (secondary N) is 2. The highest BCUT2D eigenvalue weighted by Gasteiger charge is 2.31. The average molecular weight is 356 g/mol. The molecular formula is C15H22BrN3O2. The summed E-state index contributed by atoms with van der Waals surface area (Å²) in [5.41, 5.74) is 1.95. The van der Waals surface area contributed by atoms with Gasteiger partial charge in [0.05, 0.1) is 11.3 Å². The SMILES string of the molecule is CCN(CC(C)(C)O)c1cc2c(cc1Br)C(NC)C(=O)N2. The number of benzene rings is 1. The summed E-state index contributed by atoms with van der Waals surface area (Å²) in [6.45, 7) is 6.90. The summed E-state index contributed by atoms with van der Waals surface area (Å²) in [4.78, 5) is 14.0. The summed E-state index contributed by atoms with van der Waals surface area (Å²) in [5, 5.41) is 16.0. The Balaban J connectivity index is 2.39. The highest BCUT2D eigenvalue weighted by atomic mass is 79.9. The van der Waals surface area contributed by atoms with Gasteiger partial charge in [-0.15, -0.1) is 0 Å². The van der Waals surface area contributed by atoms with Crippen molar-refractivity contribution in [1.29, 1.82) is 0 Å². The zero-order chi connectivity index (χ0) is 15.8. The lowest BCUT2D eigenvalue weighted by molar-refractivity contribution is -0.117. The van der Waals surface area contributed by atoms with Gasteiger partial charge in [0.1, 0.15) is 6.04 Å². The molecule has 0 radical (unpaired) electrons. The molecule has 0 spiro atoms. The number of rotatable bonds is 5. The first-order valence-electron chi connectivity index (χ1n) is 7.05. The third-order valence-corrected chi connectivity index (χ3v) is 4.17. The summed E-state index contributed by atoms with van der Waals surface area (Å²) in [7, 11) is 1.77. The van der Waals surface area contributed by atoms with E-state index in [1.807, 2.05) is 19.1 Å². The van der Waals surface area contributed by atoms with E-state index in [2.05, 4.69) is 31.5 Å². The summed E-state index contributed by atoms with van der Waals surface area (Å²) in [6, 6.07) is 3.62. The molecule has 1 atom stereocenters. The first-order valence-corrected chi connectivity index (χ1v) is 7.85. The molecule has 0 saturated heterocycles. The van der Waals surface area contributed by atoms with Crippen LogP contribution >= 0.6 is 15.9 Å². The van der Waals surface area contributed by atoms with E-state index in [4.69, 9.17) is 0 Å². The second-order valence-electron chi connectivity index (χ2n) is 5.93. The zero-order valence-electron chi connectivity index (χ0n) is 12.8. The molecule has 1 unspecified atom stereocenters. The molecule has 1 aromatic rings. The maximum atomic E-state index is 11.9. The second-order valence-corrected chi connectivity index (χ2v) is 6.78. The van der Waals surface area contributed by atoms with Gasteiger partial charge in [0, 0.05) is 28.8 Å². The molecule has 1 aliphatic rings. The van der Waals surface area contributed by atoms with Crippen LogP contribution in [0.15, 0.2) is 16.6 Å². The zero-order valence-corrected chi connectivity index (χ0v) is 14.4. The summed E-state index contributed by atoms with van der Waals surface area (Å²) < 4.78 is 0.920. The monoisotopic (exact) mass is 355 g/mol. The Kier molecular flexibility index (Phi) is 4.60. The first-order chi connectivity index (χ1) is 9.76. The van der Waals surface area contributed by atoms with E-state index in [9.17, 15) is 9.90 Å². The maximum Gasteiger partial charge on any atom is 0.246 e. The topological polar surface area (TPSA) is 64.6 Å². The smallest absolute Gasteiger partial charge is 0.246 e. The molecule has 3 N–H and O–H groups in total. The highest BCUT2D eigenvalue weighted by molar-refractivity contribution is 9.10. The van der Waals surface area contributed by atoms with Crippen molar-refractivity contribution in [3.05, 3.63) is 22.2 Å². The fourth-order valence-corrected chi connectivity index (χ4v) is 3.25. The van der Waals surface area contributed by atoms with Gasteiger partial charge in [0.25, 0.3) is 0 Å². The first kappa shape index (κ1) is 16.3. The van der Waals surface area contributed by atoms with Crippen molar-refractivity contribution in [2.24, 2.45) is 0 Å². The van der Waals surface area contributed by atoms with Crippen molar-refractivity contribution < 1.29 is 9.90 Å². The third kappa shape index (κ3) is 3.39. The van der Waals surface area contributed by atoms with Crippen molar-refractivity contribution in [2.75, 3.05) is 30.4 Å². The molecule has 1 heterocycles. The number of halogens is 1. The van der Waals surface area contributed by atoms with Gasteiger partial charge in [-0.05, 0) is 55.9 Å². The number of likely N-dealkylation sites (N-methyl/N-ethyl adjacent to an activating group) is 2. The molecule has 21 heavy (non-hydrogen) atoms. The molecule has 2 rings (SSSR count). The molecule has 1 aromatic carbocycles. The number of carbonyl (C=O) groups excluding carboxylic acids is 1. The van der Waals surface area contributed by atoms with Crippen molar-refractivity contribution in [2.45, 2.75) is 32.4 Å². The van der Waals surface area contributed by atoms with Gasteiger partial charge in [-0.1, -0.05) is 0 Å². The van der Waals surface area contributed by atoms with Crippen LogP contribution in [0.5, 0.6) is 0 Å². The minimum absolute atomic E-state index is 0.0397. The van der Waals surface area contributed by atoms with Crippen LogP contribution in [0.2, 0.25) is 0 Å². The largest absolute Gasteiger partial charge is 0.389 e. The van der Waals surface area contributed by atoms with Crippen LogP contribution in [-0.2, 0) is 4.79 Å². The summed E-state index contributed by atoms with van der Waals surface area (Å²) in [6.07, 6.45) is 0. The van der Waals surface area contributed by atoms with Crippen LogP contribution in [0, 0.1) is 0 Å². The molecule has 0 saturated carbocycles. The normalized spacial score (nSPS) is 17.6. The van der Waals surface area contributed by atoms with Crippen molar-refractivity contribution in [1.82, 2.24) is 5.32 Å². The predicted molar refractivity (Wildman–Crippen MR) is 88.8 cm³/mol. The standard InChI is InChI=1S/C15H22BrN3O2/c1-5-19(8-15(2,3)21)12-7-11-9(6-10(12)16)13(17-4)14(20)18-11/h6-7,13,17,21H,5,8H2,1-4H3,(H,18,20). The Bertz CT molecular complexity index is 555. The van der Waals surface area contributed by atoms with Gasteiger partial charge in [-0.3, -0.25) is 4.79 Å². The van der Waals surface area contributed by atoms with E-state index in [-0.39, 0.29) is 11.9 Å². The van der Waals surface area contributed by atoms with Crippen LogP contribution in [0.3, 0.4) is 0 Å². The van der Waals surface area contributed by atoms with Crippen molar-refractivity contribution >= 4 is 33.2 Å². The lowest BCUT2D eigenvalue weighted by Crippen LogP contribution is -2.38. The van der Waals surface area contributed by atoms with Crippen molar-refractivity contribution in [3.8, 4) is 0 Å². The van der Waals surface area contributed by atoms with Gasteiger partial charge >= 0.3 is 0 Å². The molecule has 116 valence electrons. The highest BCUT2D eigenvalue weighted by Crippen LogP contribution is 2.39. The van der Waals surface area contributed by atoms with E-state index in [0.29, 0.717) is 6.54 Å². The van der Waals surface area contributed by atoms with Gasteiger partial charge in [0.15, 0.2) is 0 Å². The van der Waals surface area contributed by atoms with Crippen LogP contribution in [0.25, 0.3) is 0 Å². The van der Waals surface area contributed by atoms with Crippen molar-refractivity contribution in [3.63, 3.8) is 0 Å². The Morgan fingerprint density at radius 3 is 2.67 bits per heavy atom. The Labute approximate surface area is 133 Å². The minimum Gasteiger partial charge on any atom is -0.389 e. The van der Waals surface area contributed by atoms with E-state index in [1.54, 1.807) is 20.9 Å². The van der Waals surface area contributed by atoms with Gasteiger partial charge in [-0.25, -0.2) is 0 Å². The van der Waals surface area contributed by atoms with Crippen LogP contribution in [0.1, 0.15) is 32.4 Å². The van der Waals surface area contributed by atoms with Crippen LogP contribution < -0.4 is 15.5 Å². The number of nitrogens with zero attached hydrogens (tertiary/aromatic N) is 1. The van der Waals surface area contributed by atoms with E-state index in [1.165, 1.54) is 0 Å². The Morgan fingerprint density at radius 2 is 2.14 bits per heavy atom. The van der Waals surface area contributed by atoms with Gasteiger partial charge < -0.3 is 20.6 Å². The van der Waals surface area contributed by atoms with E-state index >= 15 is 0 Å². The predicted octanol–water partition coefficient (Wildman–Crippen LogP) is 2.26. The molecule has 1 amide bonds. The van der Waals surface area contributed by atoms with E-state index in [0.717, 1.165) is 28.0 Å². The third-order valence-electron chi connectivity index (χ3n) is 3.54. The number of hydrogen-bond acceptors (Lipinski definition) is 4. The number of fused-ring (bicyclic) bond motifs is 1. The molecule has 6 heteroatoms. The molecule has 0 aliphatic carbocycles. The summed E-state index contributed by atoms with van der Waals surface area (Å²) in [5.74, 6) is -0.0397. The number of amides is 1. The van der Waals surface area contributed by atoms with Gasteiger partial charge in [0.2, 0.25) is 5.91 Å². The fraction of sp³-hybridized carbons (Fsp3) is 0.533. The Morgan fingerprint density at radius 1 is 1.48 bits per heavy atom. The fourth-order valence-electron chi connectivity index (χ4n) is 2.63. The number of hydrogen-bond donors (Lipinski definition) is 3. The number of anilines is 2. The number of aliphatic hydroxyl groups is 1. The molecule has 0 fully saturated rings. The lowest BCUT2D eigenvalue weighted by Gasteiger charge is -2.31. The molecule has 0 bridgehead atoms. The Hall–Kier alpha value is -1.11. The molecule has 0 aromatic heterocycles. The lowest BCUT2D eigenvalue weighted by atomic mass is 10.1. The average Bonchev–Trinajstić information content (AvgIpc) is 2.68. The van der Waals surface area contributed by atoms with Gasteiger partial charge in [-0.2, -0.15) is 0 Å². The molecule has 5 nitrogen and oxygen atoms in total. The summed E-state index contributed by atoms with van der Waals surface area (Å²) >= 11 is 3.59. The second kappa shape index (κ2) is 5.94. The molecular weight excluding hydrogens is 334 g/mol. The quantitative estimate of drug-likeness (QED) is 0.757. The van der Waals surface area contributed by atoms with Crippen LogP contribution in [-0.4, -0.2) is 36.8 Å². The minimum atomic E-state index is -0.786.